The Labute approximate surface area is 151 Å². The summed E-state index contributed by atoms with van der Waals surface area (Å²) in [6.45, 7) is 1.99. The summed E-state index contributed by atoms with van der Waals surface area (Å²) < 4.78 is 7.60. The fourth-order valence-electron chi connectivity index (χ4n) is 3.60. The van der Waals surface area contributed by atoms with Gasteiger partial charge in [0.2, 0.25) is 0 Å². The van der Waals surface area contributed by atoms with Crippen molar-refractivity contribution in [3.63, 3.8) is 0 Å². The number of hydrogen-bond acceptors (Lipinski definition) is 5. The number of pyridine rings is 1. The normalized spacial score (nSPS) is 27.1. The molecule has 0 radical (unpaired) electrons. The van der Waals surface area contributed by atoms with Crippen molar-refractivity contribution in [2.75, 3.05) is 0 Å². The van der Waals surface area contributed by atoms with Crippen molar-refractivity contribution in [2.45, 2.75) is 44.0 Å². The van der Waals surface area contributed by atoms with Crippen molar-refractivity contribution in [3.05, 3.63) is 66.0 Å². The van der Waals surface area contributed by atoms with Crippen LogP contribution < -0.4 is 0 Å². The molecule has 1 saturated heterocycles. The summed E-state index contributed by atoms with van der Waals surface area (Å²) in [5.74, 6) is 0. The second-order valence-corrected chi connectivity index (χ2v) is 6.82. The second-order valence-electron chi connectivity index (χ2n) is 6.82. The molecule has 0 spiro atoms. The molecule has 1 fully saturated rings. The van der Waals surface area contributed by atoms with Crippen molar-refractivity contribution in [2.24, 2.45) is 0 Å². The van der Waals surface area contributed by atoms with E-state index in [4.69, 9.17) is 4.74 Å². The SMILES string of the molecule is Cc1ccnc2c1ccn2[C@@H]1O[C@H]([C@@H](O)Cc2ccccc2)[C@@H](O)[C@H]1O. The second kappa shape index (κ2) is 6.81. The summed E-state index contributed by atoms with van der Waals surface area (Å²) in [7, 11) is 0. The first-order valence-corrected chi connectivity index (χ1v) is 8.72. The van der Waals surface area contributed by atoms with E-state index in [9.17, 15) is 15.3 Å². The van der Waals surface area contributed by atoms with E-state index in [1.54, 1.807) is 17.0 Å². The smallest absolute Gasteiger partial charge is 0.164 e. The number of ether oxygens (including phenoxy) is 1. The summed E-state index contributed by atoms with van der Waals surface area (Å²) in [5, 5.41) is 32.4. The molecule has 0 bridgehead atoms. The van der Waals surface area contributed by atoms with Gasteiger partial charge in [-0.1, -0.05) is 30.3 Å². The number of nitrogens with zero attached hydrogens (tertiary/aromatic N) is 2. The molecule has 2 aromatic heterocycles. The fourth-order valence-corrected chi connectivity index (χ4v) is 3.60. The lowest BCUT2D eigenvalue weighted by Crippen LogP contribution is -2.39. The Bertz CT molecular complexity index is 895. The minimum atomic E-state index is -1.18. The van der Waals surface area contributed by atoms with E-state index in [1.807, 2.05) is 49.4 Å². The van der Waals surface area contributed by atoms with E-state index < -0.39 is 30.6 Å². The molecular formula is C20H22N2O4. The highest BCUT2D eigenvalue weighted by molar-refractivity contribution is 5.79. The van der Waals surface area contributed by atoms with Gasteiger partial charge in [0.05, 0.1) is 6.10 Å². The lowest BCUT2D eigenvalue weighted by molar-refractivity contribution is -0.0827. The van der Waals surface area contributed by atoms with Gasteiger partial charge < -0.3 is 24.6 Å². The van der Waals surface area contributed by atoms with E-state index >= 15 is 0 Å². The minimum Gasteiger partial charge on any atom is -0.390 e. The van der Waals surface area contributed by atoms with Gasteiger partial charge in [0, 0.05) is 24.2 Å². The Balaban J connectivity index is 1.58. The first kappa shape index (κ1) is 17.2. The van der Waals surface area contributed by atoms with Crippen LogP contribution in [-0.2, 0) is 11.2 Å². The molecular weight excluding hydrogens is 332 g/mol. The fraction of sp³-hybridized carbons (Fsp3) is 0.350. The molecule has 3 aromatic rings. The number of aryl methyl sites for hydroxylation is 1. The number of fused-ring (bicyclic) bond motifs is 1. The molecule has 6 nitrogen and oxygen atoms in total. The number of aliphatic hydroxyl groups is 3. The van der Waals surface area contributed by atoms with Gasteiger partial charge in [0.1, 0.15) is 24.0 Å². The summed E-state index contributed by atoms with van der Waals surface area (Å²) >= 11 is 0. The van der Waals surface area contributed by atoms with Crippen LogP contribution in [0.2, 0.25) is 0 Å². The zero-order chi connectivity index (χ0) is 18.3. The van der Waals surface area contributed by atoms with Crippen LogP contribution in [0.1, 0.15) is 17.4 Å². The van der Waals surface area contributed by atoms with Crippen molar-refractivity contribution >= 4 is 11.0 Å². The standard InChI is InChI=1S/C20H22N2O4/c1-12-7-9-21-19-14(12)8-10-22(19)20-17(25)16(24)18(26-20)15(23)11-13-5-3-2-4-6-13/h2-10,15-18,20,23-25H,11H2,1H3/t15-,16-,17+,18+,20+/m0/s1. The molecule has 1 aliphatic heterocycles. The third-order valence-electron chi connectivity index (χ3n) is 5.05. The number of hydrogen-bond donors (Lipinski definition) is 3. The average molecular weight is 354 g/mol. The first-order valence-electron chi connectivity index (χ1n) is 8.72. The molecule has 0 unspecified atom stereocenters. The molecule has 136 valence electrons. The van der Waals surface area contributed by atoms with Gasteiger partial charge in [-0.25, -0.2) is 4.98 Å². The molecule has 0 aliphatic carbocycles. The summed E-state index contributed by atoms with van der Waals surface area (Å²) in [4.78, 5) is 4.37. The largest absolute Gasteiger partial charge is 0.390 e. The molecule has 0 saturated carbocycles. The molecule has 6 heteroatoms. The summed E-state index contributed by atoms with van der Waals surface area (Å²) in [6, 6.07) is 13.3. The Morgan fingerprint density at radius 1 is 1.12 bits per heavy atom. The van der Waals surface area contributed by atoms with E-state index in [-0.39, 0.29) is 0 Å². The van der Waals surface area contributed by atoms with Crippen LogP contribution in [0, 0.1) is 6.92 Å². The Morgan fingerprint density at radius 3 is 2.65 bits per heavy atom. The zero-order valence-corrected chi connectivity index (χ0v) is 14.4. The maximum absolute atomic E-state index is 10.5. The van der Waals surface area contributed by atoms with Crippen LogP contribution in [0.5, 0.6) is 0 Å². The summed E-state index contributed by atoms with van der Waals surface area (Å²) in [6.07, 6.45) is -1.10. The van der Waals surface area contributed by atoms with Gasteiger partial charge in [0.15, 0.2) is 6.23 Å². The van der Waals surface area contributed by atoms with Crippen molar-refractivity contribution in [1.29, 1.82) is 0 Å². The number of aliphatic hydroxyl groups excluding tert-OH is 3. The molecule has 26 heavy (non-hydrogen) atoms. The van der Waals surface area contributed by atoms with E-state index in [1.165, 1.54) is 0 Å². The number of aromatic nitrogens is 2. The number of benzene rings is 1. The number of rotatable bonds is 4. The van der Waals surface area contributed by atoms with Gasteiger partial charge in [-0.15, -0.1) is 0 Å². The van der Waals surface area contributed by atoms with E-state index in [0.717, 1.165) is 16.5 Å². The maximum atomic E-state index is 10.5. The average Bonchev–Trinajstić information content (AvgIpc) is 3.19. The highest BCUT2D eigenvalue weighted by atomic mass is 16.6. The van der Waals surface area contributed by atoms with Gasteiger partial charge >= 0.3 is 0 Å². The van der Waals surface area contributed by atoms with Crippen LogP contribution in [0.15, 0.2) is 54.9 Å². The maximum Gasteiger partial charge on any atom is 0.164 e. The van der Waals surface area contributed by atoms with Crippen LogP contribution >= 0.6 is 0 Å². The van der Waals surface area contributed by atoms with Crippen LogP contribution in [0.25, 0.3) is 11.0 Å². The van der Waals surface area contributed by atoms with E-state index in [0.29, 0.717) is 12.1 Å². The molecule has 0 amide bonds. The summed E-state index contributed by atoms with van der Waals surface area (Å²) in [5.41, 5.74) is 2.69. The third kappa shape index (κ3) is 2.91. The lowest BCUT2D eigenvalue weighted by Gasteiger charge is -2.21. The third-order valence-corrected chi connectivity index (χ3v) is 5.05. The van der Waals surface area contributed by atoms with Gasteiger partial charge in [-0.05, 0) is 30.2 Å². The van der Waals surface area contributed by atoms with Gasteiger partial charge in [-0.2, -0.15) is 0 Å². The van der Waals surface area contributed by atoms with Gasteiger partial charge in [0.25, 0.3) is 0 Å². The van der Waals surface area contributed by atoms with Crippen LogP contribution in [0.3, 0.4) is 0 Å². The molecule has 5 atom stereocenters. The van der Waals surface area contributed by atoms with Crippen LogP contribution in [-0.4, -0.2) is 49.3 Å². The topological polar surface area (TPSA) is 87.7 Å². The van der Waals surface area contributed by atoms with Crippen LogP contribution in [0.4, 0.5) is 0 Å². The van der Waals surface area contributed by atoms with Crippen molar-refractivity contribution in [1.82, 2.24) is 9.55 Å². The Morgan fingerprint density at radius 2 is 1.88 bits per heavy atom. The zero-order valence-electron chi connectivity index (χ0n) is 14.4. The molecule has 4 rings (SSSR count). The monoisotopic (exact) mass is 354 g/mol. The van der Waals surface area contributed by atoms with Gasteiger partial charge in [-0.3, -0.25) is 0 Å². The Kier molecular flexibility index (Phi) is 4.50. The minimum absolute atomic E-state index is 0.339. The first-order chi connectivity index (χ1) is 12.6. The van der Waals surface area contributed by atoms with E-state index in [2.05, 4.69) is 4.98 Å². The molecule has 3 N–H and O–H groups in total. The predicted octanol–water partition coefficient (Wildman–Crippen LogP) is 1.57. The Hall–Kier alpha value is -2.25. The molecule has 1 aromatic carbocycles. The predicted molar refractivity (Wildman–Crippen MR) is 96.5 cm³/mol. The molecule has 1 aliphatic rings. The highest BCUT2D eigenvalue weighted by Gasteiger charge is 2.47. The quantitative estimate of drug-likeness (QED) is 0.662. The lowest BCUT2D eigenvalue weighted by atomic mass is 9.99. The highest BCUT2D eigenvalue weighted by Crippen LogP contribution is 2.34. The van der Waals surface area contributed by atoms with Crippen molar-refractivity contribution < 1.29 is 20.1 Å². The molecule has 3 heterocycles. The van der Waals surface area contributed by atoms with Crippen molar-refractivity contribution in [3.8, 4) is 0 Å².